The molecule has 0 aliphatic heterocycles. The highest BCUT2D eigenvalue weighted by atomic mass is 19.1. The minimum Gasteiger partial charge on any atom is -0.466 e. The van der Waals surface area contributed by atoms with Crippen LogP contribution in [0.1, 0.15) is 62.2 Å². The molecule has 0 spiro atoms. The molecule has 5 heteroatoms. The van der Waals surface area contributed by atoms with Crippen LogP contribution in [0.4, 0.5) is 4.39 Å². The van der Waals surface area contributed by atoms with E-state index < -0.39 is 11.7 Å². The van der Waals surface area contributed by atoms with Gasteiger partial charge in [0, 0.05) is 12.1 Å². The Labute approximate surface area is 137 Å². The zero-order valence-corrected chi connectivity index (χ0v) is 13.8. The van der Waals surface area contributed by atoms with E-state index in [1.807, 2.05) is 0 Å². The van der Waals surface area contributed by atoms with Gasteiger partial charge in [0.25, 0.3) is 5.91 Å². The molecule has 0 heterocycles. The van der Waals surface area contributed by atoms with E-state index in [1.165, 1.54) is 43.9 Å². The lowest BCUT2D eigenvalue weighted by Crippen LogP contribution is -2.26. The molecular formula is C18H26FNO3. The van der Waals surface area contributed by atoms with Crippen LogP contribution in [0.2, 0.25) is 0 Å². The van der Waals surface area contributed by atoms with Crippen molar-refractivity contribution >= 4 is 11.9 Å². The molecule has 0 atom stereocenters. The summed E-state index contributed by atoms with van der Waals surface area (Å²) >= 11 is 0. The van der Waals surface area contributed by atoms with Gasteiger partial charge < -0.3 is 10.1 Å². The van der Waals surface area contributed by atoms with Crippen LogP contribution in [0, 0.1) is 5.82 Å². The van der Waals surface area contributed by atoms with E-state index in [1.54, 1.807) is 0 Å². The molecule has 23 heavy (non-hydrogen) atoms. The monoisotopic (exact) mass is 323 g/mol. The zero-order valence-electron chi connectivity index (χ0n) is 13.8. The van der Waals surface area contributed by atoms with Gasteiger partial charge in [0.15, 0.2) is 0 Å². The average molecular weight is 323 g/mol. The van der Waals surface area contributed by atoms with Crippen LogP contribution >= 0.6 is 0 Å². The second-order valence-corrected chi connectivity index (χ2v) is 5.50. The molecule has 1 N–H and O–H groups in total. The van der Waals surface area contributed by atoms with Crippen LogP contribution in [0.25, 0.3) is 0 Å². The fourth-order valence-corrected chi connectivity index (χ4v) is 2.15. The summed E-state index contributed by atoms with van der Waals surface area (Å²) < 4.78 is 18.1. The van der Waals surface area contributed by atoms with E-state index in [0.29, 0.717) is 6.61 Å². The van der Waals surface area contributed by atoms with Crippen LogP contribution < -0.4 is 5.32 Å². The minimum absolute atomic E-state index is 0.122. The quantitative estimate of drug-likeness (QED) is 0.497. The Kier molecular flexibility index (Phi) is 9.68. The summed E-state index contributed by atoms with van der Waals surface area (Å²) in [6.45, 7) is 2.79. The number of hydrogen-bond donors (Lipinski definition) is 1. The van der Waals surface area contributed by atoms with E-state index in [9.17, 15) is 14.0 Å². The Morgan fingerprint density at radius 2 is 1.87 bits per heavy atom. The maximum atomic E-state index is 13.0. The van der Waals surface area contributed by atoms with Crippen molar-refractivity contribution in [3.63, 3.8) is 0 Å². The Hall–Kier alpha value is -1.91. The molecule has 1 rings (SSSR count). The molecular weight excluding hydrogens is 297 g/mol. The second-order valence-electron chi connectivity index (χ2n) is 5.50. The van der Waals surface area contributed by atoms with Crippen molar-refractivity contribution < 1.29 is 18.7 Å². The highest BCUT2D eigenvalue weighted by Gasteiger charge is 2.08. The third kappa shape index (κ3) is 8.96. The Morgan fingerprint density at radius 3 is 2.61 bits per heavy atom. The molecule has 0 aromatic heterocycles. The van der Waals surface area contributed by atoms with Gasteiger partial charge in [0.05, 0.1) is 13.0 Å². The van der Waals surface area contributed by atoms with Gasteiger partial charge in [-0.15, -0.1) is 0 Å². The number of carbonyl (C=O) groups is 2. The number of unbranched alkanes of at least 4 members (excludes halogenated alkanes) is 5. The zero-order chi connectivity index (χ0) is 16.9. The highest BCUT2D eigenvalue weighted by molar-refractivity contribution is 5.94. The normalized spacial score (nSPS) is 10.3. The summed E-state index contributed by atoms with van der Waals surface area (Å²) in [4.78, 5) is 23.3. The first-order valence-electron chi connectivity index (χ1n) is 8.33. The van der Waals surface area contributed by atoms with E-state index in [2.05, 4.69) is 12.2 Å². The lowest BCUT2D eigenvalue weighted by atomic mass is 10.1. The molecule has 0 saturated carbocycles. The number of benzene rings is 1. The SMILES string of the molecule is CCCCCCCCOC(=O)CCNC(=O)c1cccc(F)c1. The first-order chi connectivity index (χ1) is 11.1. The summed E-state index contributed by atoms with van der Waals surface area (Å²) in [6.07, 6.45) is 6.96. The van der Waals surface area contributed by atoms with Gasteiger partial charge in [0.1, 0.15) is 5.82 Å². The maximum absolute atomic E-state index is 13.0. The van der Waals surface area contributed by atoms with Gasteiger partial charge in [-0.25, -0.2) is 4.39 Å². The molecule has 1 aromatic rings. The predicted octanol–water partition coefficient (Wildman–Crippen LogP) is 3.85. The van der Waals surface area contributed by atoms with E-state index in [-0.39, 0.29) is 24.5 Å². The Morgan fingerprint density at radius 1 is 1.13 bits per heavy atom. The molecule has 4 nitrogen and oxygen atoms in total. The van der Waals surface area contributed by atoms with Gasteiger partial charge in [-0.05, 0) is 24.6 Å². The van der Waals surface area contributed by atoms with Crippen molar-refractivity contribution in [2.24, 2.45) is 0 Å². The lowest BCUT2D eigenvalue weighted by Gasteiger charge is -2.06. The molecule has 0 bridgehead atoms. The first kappa shape index (κ1) is 19.1. The van der Waals surface area contributed by atoms with E-state index >= 15 is 0 Å². The Bertz CT molecular complexity index is 491. The van der Waals surface area contributed by atoms with Crippen molar-refractivity contribution in [3.05, 3.63) is 35.6 Å². The molecule has 0 fully saturated rings. The highest BCUT2D eigenvalue weighted by Crippen LogP contribution is 2.05. The number of hydrogen-bond acceptors (Lipinski definition) is 3. The van der Waals surface area contributed by atoms with Crippen LogP contribution in [-0.4, -0.2) is 25.0 Å². The topological polar surface area (TPSA) is 55.4 Å². The van der Waals surface area contributed by atoms with Gasteiger partial charge in [0.2, 0.25) is 0 Å². The molecule has 0 unspecified atom stereocenters. The molecule has 128 valence electrons. The van der Waals surface area contributed by atoms with Gasteiger partial charge in [-0.3, -0.25) is 9.59 Å². The van der Waals surface area contributed by atoms with Crippen molar-refractivity contribution in [1.29, 1.82) is 0 Å². The maximum Gasteiger partial charge on any atom is 0.307 e. The molecule has 0 radical (unpaired) electrons. The fourth-order valence-electron chi connectivity index (χ4n) is 2.15. The fraction of sp³-hybridized carbons (Fsp3) is 0.556. The van der Waals surface area contributed by atoms with Crippen LogP contribution in [0.15, 0.2) is 24.3 Å². The van der Waals surface area contributed by atoms with Crippen LogP contribution in [0.5, 0.6) is 0 Å². The summed E-state index contributed by atoms with van der Waals surface area (Å²) in [6, 6.07) is 5.43. The van der Waals surface area contributed by atoms with Crippen molar-refractivity contribution in [3.8, 4) is 0 Å². The number of nitrogens with one attached hydrogen (secondary N) is 1. The van der Waals surface area contributed by atoms with Crippen LogP contribution in [0.3, 0.4) is 0 Å². The molecule has 0 saturated heterocycles. The van der Waals surface area contributed by atoms with Gasteiger partial charge >= 0.3 is 5.97 Å². The van der Waals surface area contributed by atoms with Gasteiger partial charge in [-0.2, -0.15) is 0 Å². The van der Waals surface area contributed by atoms with Crippen molar-refractivity contribution in [2.45, 2.75) is 51.9 Å². The number of amides is 1. The smallest absolute Gasteiger partial charge is 0.307 e. The average Bonchev–Trinajstić information content (AvgIpc) is 2.54. The number of esters is 1. The van der Waals surface area contributed by atoms with Crippen LogP contribution in [-0.2, 0) is 9.53 Å². The van der Waals surface area contributed by atoms with Gasteiger partial charge in [-0.1, -0.05) is 45.1 Å². The third-order valence-electron chi connectivity index (χ3n) is 3.46. The summed E-state index contributed by atoms with van der Waals surface area (Å²) in [5.74, 6) is -1.18. The number of carbonyl (C=O) groups excluding carboxylic acids is 2. The van der Waals surface area contributed by atoms with E-state index in [4.69, 9.17) is 4.74 Å². The predicted molar refractivity (Wildman–Crippen MR) is 87.7 cm³/mol. The molecule has 0 aliphatic carbocycles. The van der Waals surface area contributed by atoms with Crippen molar-refractivity contribution in [1.82, 2.24) is 5.32 Å². The standard InChI is InChI=1S/C18H26FNO3/c1-2-3-4-5-6-7-13-23-17(21)11-12-20-18(22)15-9-8-10-16(19)14-15/h8-10,14H,2-7,11-13H2,1H3,(H,20,22). The number of ether oxygens (including phenoxy) is 1. The summed E-state index contributed by atoms with van der Waals surface area (Å²) in [7, 11) is 0. The second kappa shape index (κ2) is 11.6. The van der Waals surface area contributed by atoms with Crippen molar-refractivity contribution in [2.75, 3.05) is 13.2 Å². The molecule has 1 aromatic carbocycles. The summed E-state index contributed by atoms with van der Waals surface area (Å²) in [5, 5.41) is 2.58. The van der Waals surface area contributed by atoms with E-state index in [0.717, 1.165) is 18.9 Å². The largest absolute Gasteiger partial charge is 0.466 e. The lowest BCUT2D eigenvalue weighted by molar-refractivity contribution is -0.143. The number of halogens is 1. The minimum atomic E-state index is -0.462. The molecule has 0 aliphatic rings. The summed E-state index contributed by atoms with van der Waals surface area (Å²) in [5.41, 5.74) is 0.241. The number of rotatable bonds is 11. The third-order valence-corrected chi connectivity index (χ3v) is 3.46. The molecule has 1 amide bonds. The first-order valence-corrected chi connectivity index (χ1v) is 8.33. The Balaban J connectivity index is 2.06.